The Morgan fingerprint density at radius 3 is 2.75 bits per heavy atom. The van der Waals surface area contributed by atoms with E-state index >= 15 is 0 Å². The van der Waals surface area contributed by atoms with Gasteiger partial charge in [-0.2, -0.15) is 0 Å². The summed E-state index contributed by atoms with van der Waals surface area (Å²) < 4.78 is 5.07. The Balaban J connectivity index is 2.26. The molecule has 0 saturated heterocycles. The molecule has 0 saturated carbocycles. The normalized spacial score (nSPS) is 11.4. The summed E-state index contributed by atoms with van der Waals surface area (Å²) in [4.78, 5) is 12.0. The average Bonchev–Trinajstić information content (AvgIpc) is 2.87. The molecule has 0 fully saturated rings. The van der Waals surface area contributed by atoms with Crippen LogP contribution >= 0.6 is 11.6 Å². The quantitative estimate of drug-likeness (QED) is 0.350. The third-order valence-corrected chi connectivity index (χ3v) is 2.94. The smallest absolute Gasteiger partial charge is 0.258 e. The molecule has 0 aliphatic rings. The van der Waals surface area contributed by atoms with Crippen LogP contribution in [-0.4, -0.2) is 17.0 Å². The fourth-order valence-corrected chi connectivity index (χ4v) is 1.76. The Labute approximate surface area is 119 Å². The molecule has 1 aromatic carbocycles. The Hall–Kier alpha value is -2.47. The first-order valence-electron chi connectivity index (χ1n) is 5.65. The third kappa shape index (κ3) is 2.92. The number of amides is 1. The second-order valence-electron chi connectivity index (χ2n) is 4.08. The van der Waals surface area contributed by atoms with Crippen LogP contribution in [0.15, 0.2) is 40.1 Å². The van der Waals surface area contributed by atoms with Crippen molar-refractivity contribution in [3.05, 3.63) is 52.4 Å². The first-order valence-corrected chi connectivity index (χ1v) is 6.03. The fraction of sp³-hybridized carbons (Fsp3) is 0.0769. The number of halogens is 1. The van der Waals surface area contributed by atoms with Crippen LogP contribution in [0.1, 0.15) is 21.7 Å². The van der Waals surface area contributed by atoms with Gasteiger partial charge in [-0.1, -0.05) is 16.8 Å². The van der Waals surface area contributed by atoms with Gasteiger partial charge >= 0.3 is 0 Å². The zero-order valence-corrected chi connectivity index (χ0v) is 11.3. The maximum Gasteiger partial charge on any atom is 0.258 e. The van der Waals surface area contributed by atoms with Crippen LogP contribution in [0.4, 0.5) is 5.69 Å². The number of hydrogen-bond donors (Lipinski definition) is 3. The van der Waals surface area contributed by atoms with Crippen molar-refractivity contribution in [2.24, 2.45) is 10.9 Å². The van der Waals surface area contributed by atoms with E-state index in [0.29, 0.717) is 27.6 Å². The van der Waals surface area contributed by atoms with E-state index in [-0.39, 0.29) is 11.7 Å². The number of nitrogens with one attached hydrogen (secondary N) is 1. The number of nitrogens with zero attached hydrogens (tertiary/aromatic N) is 1. The van der Waals surface area contributed by atoms with Crippen LogP contribution in [0, 0.1) is 6.92 Å². The minimum Gasteiger partial charge on any atom is -0.469 e. The Morgan fingerprint density at radius 1 is 1.40 bits per heavy atom. The minimum absolute atomic E-state index is 0.0729. The summed E-state index contributed by atoms with van der Waals surface area (Å²) in [6.45, 7) is 1.74. The first kappa shape index (κ1) is 14.0. The molecule has 0 bridgehead atoms. The van der Waals surface area contributed by atoms with E-state index in [0.717, 1.165) is 0 Å². The topological polar surface area (TPSA) is 101 Å². The number of benzene rings is 1. The maximum atomic E-state index is 12.0. The van der Waals surface area contributed by atoms with E-state index in [1.54, 1.807) is 25.1 Å². The molecule has 1 aromatic heterocycles. The molecule has 0 aliphatic carbocycles. The van der Waals surface area contributed by atoms with Gasteiger partial charge in [-0.05, 0) is 31.2 Å². The number of rotatable bonds is 3. The summed E-state index contributed by atoms with van der Waals surface area (Å²) in [5.74, 6) is 0.198. The van der Waals surface area contributed by atoms with Crippen molar-refractivity contribution >= 4 is 29.0 Å². The molecule has 0 radical (unpaired) electrons. The van der Waals surface area contributed by atoms with Gasteiger partial charge in [0.1, 0.15) is 12.0 Å². The van der Waals surface area contributed by atoms with Crippen molar-refractivity contribution in [3.63, 3.8) is 0 Å². The molecule has 7 heteroatoms. The number of nitrogens with two attached hydrogens (primary N) is 1. The highest BCUT2D eigenvalue weighted by Crippen LogP contribution is 2.24. The van der Waals surface area contributed by atoms with Crippen molar-refractivity contribution in [1.82, 2.24) is 0 Å². The van der Waals surface area contributed by atoms with Crippen molar-refractivity contribution in [3.8, 4) is 0 Å². The molecule has 20 heavy (non-hydrogen) atoms. The van der Waals surface area contributed by atoms with Gasteiger partial charge in [0.2, 0.25) is 0 Å². The van der Waals surface area contributed by atoms with Crippen LogP contribution in [0.2, 0.25) is 5.02 Å². The summed E-state index contributed by atoms with van der Waals surface area (Å²) in [7, 11) is 0. The van der Waals surface area contributed by atoms with E-state index < -0.39 is 0 Å². The molecule has 6 nitrogen and oxygen atoms in total. The zero-order valence-electron chi connectivity index (χ0n) is 10.6. The molecule has 0 atom stereocenters. The lowest BCUT2D eigenvalue weighted by molar-refractivity contribution is 0.102. The summed E-state index contributed by atoms with van der Waals surface area (Å²) in [5, 5.41) is 14.5. The predicted molar refractivity (Wildman–Crippen MR) is 75.4 cm³/mol. The number of hydrogen-bond acceptors (Lipinski definition) is 4. The van der Waals surface area contributed by atoms with E-state index in [1.807, 2.05) is 0 Å². The summed E-state index contributed by atoms with van der Waals surface area (Å²) in [5.41, 5.74) is 6.67. The highest BCUT2D eigenvalue weighted by atomic mass is 35.5. The lowest BCUT2D eigenvalue weighted by Gasteiger charge is -2.08. The second-order valence-corrected chi connectivity index (χ2v) is 4.49. The number of aryl methyl sites for hydroxylation is 1. The minimum atomic E-state index is -0.361. The number of oxime groups is 1. The van der Waals surface area contributed by atoms with Crippen LogP contribution in [-0.2, 0) is 0 Å². The predicted octanol–water partition coefficient (Wildman–Crippen LogP) is 2.59. The standard InChI is InChI=1S/C13H12ClN3O3/c1-7-4-9(6-20-7)13(18)16-11-5-8(12(15)17-19)2-3-10(11)14/h2-6,19H,1H3,(H2,15,17)(H,16,18). The van der Waals surface area contributed by atoms with Crippen molar-refractivity contribution in [2.75, 3.05) is 5.32 Å². The number of carbonyl (C=O) groups excluding carboxylic acids is 1. The van der Waals surface area contributed by atoms with Gasteiger partial charge in [0.15, 0.2) is 5.84 Å². The largest absolute Gasteiger partial charge is 0.469 e. The van der Waals surface area contributed by atoms with Gasteiger partial charge in [0, 0.05) is 5.56 Å². The Bertz CT molecular complexity index is 679. The Kier molecular flexibility index (Phi) is 3.95. The van der Waals surface area contributed by atoms with Crippen LogP contribution in [0.25, 0.3) is 0 Å². The van der Waals surface area contributed by atoms with Gasteiger partial charge in [0.25, 0.3) is 5.91 Å². The molecule has 2 rings (SSSR count). The SMILES string of the molecule is Cc1cc(C(=O)Nc2cc(/C(N)=N/O)ccc2Cl)co1. The highest BCUT2D eigenvalue weighted by molar-refractivity contribution is 6.34. The highest BCUT2D eigenvalue weighted by Gasteiger charge is 2.12. The van der Waals surface area contributed by atoms with E-state index in [2.05, 4.69) is 10.5 Å². The Morgan fingerprint density at radius 2 is 2.15 bits per heavy atom. The van der Waals surface area contributed by atoms with Crippen molar-refractivity contribution in [2.45, 2.75) is 6.92 Å². The molecule has 104 valence electrons. The molecule has 1 amide bonds. The summed E-state index contributed by atoms with van der Waals surface area (Å²) >= 11 is 6.00. The summed E-state index contributed by atoms with van der Waals surface area (Å²) in [6, 6.07) is 6.25. The molecule has 4 N–H and O–H groups in total. The van der Waals surface area contributed by atoms with Gasteiger partial charge in [0.05, 0.1) is 16.3 Å². The van der Waals surface area contributed by atoms with E-state index in [1.165, 1.54) is 12.3 Å². The molecular formula is C13H12ClN3O3. The maximum absolute atomic E-state index is 12.0. The van der Waals surface area contributed by atoms with Gasteiger partial charge in [-0.3, -0.25) is 4.79 Å². The summed E-state index contributed by atoms with van der Waals surface area (Å²) in [6.07, 6.45) is 1.35. The first-order chi connectivity index (χ1) is 9.51. The molecule has 0 spiro atoms. The third-order valence-electron chi connectivity index (χ3n) is 2.61. The number of carbonyl (C=O) groups is 1. The van der Waals surface area contributed by atoms with E-state index in [9.17, 15) is 4.79 Å². The van der Waals surface area contributed by atoms with Crippen molar-refractivity contribution in [1.29, 1.82) is 0 Å². The van der Waals surface area contributed by atoms with Crippen LogP contribution in [0.5, 0.6) is 0 Å². The number of furan rings is 1. The zero-order chi connectivity index (χ0) is 14.7. The van der Waals surface area contributed by atoms with Crippen molar-refractivity contribution < 1.29 is 14.4 Å². The molecular weight excluding hydrogens is 282 g/mol. The van der Waals surface area contributed by atoms with Crippen LogP contribution < -0.4 is 11.1 Å². The molecule has 0 aliphatic heterocycles. The fourth-order valence-electron chi connectivity index (χ4n) is 1.60. The molecule has 2 aromatic rings. The van der Waals surface area contributed by atoms with E-state index in [4.69, 9.17) is 27.0 Å². The number of amidine groups is 1. The van der Waals surface area contributed by atoms with Gasteiger partial charge < -0.3 is 20.7 Å². The average molecular weight is 294 g/mol. The van der Waals surface area contributed by atoms with Gasteiger partial charge in [-0.15, -0.1) is 0 Å². The second kappa shape index (κ2) is 5.66. The lowest BCUT2D eigenvalue weighted by Crippen LogP contribution is -2.15. The van der Waals surface area contributed by atoms with Gasteiger partial charge in [-0.25, -0.2) is 0 Å². The van der Waals surface area contributed by atoms with Crippen LogP contribution in [0.3, 0.4) is 0 Å². The number of anilines is 1. The monoisotopic (exact) mass is 293 g/mol. The molecule has 0 unspecified atom stereocenters. The molecule has 1 heterocycles. The lowest BCUT2D eigenvalue weighted by atomic mass is 10.1.